The number of benzene rings is 2. The fraction of sp³-hybridized carbons (Fsp3) is 0.263. The Morgan fingerprint density at radius 3 is 2.38 bits per heavy atom. The van der Waals surface area contributed by atoms with Crippen molar-refractivity contribution in [1.29, 1.82) is 0 Å². The molecule has 0 heterocycles. The van der Waals surface area contributed by atoms with E-state index < -0.39 is 5.91 Å². The van der Waals surface area contributed by atoms with E-state index in [1.807, 2.05) is 19.9 Å². The molecule has 0 unspecified atom stereocenters. The highest BCUT2D eigenvalue weighted by Crippen LogP contribution is 2.29. The Kier molecular flexibility index (Phi) is 5.58. The molecule has 2 aromatic carbocycles. The molecule has 0 aromatic heterocycles. The molecule has 0 fully saturated rings. The van der Waals surface area contributed by atoms with E-state index in [1.165, 1.54) is 5.56 Å². The standard InChI is InChI=1S/C19H22N2O3/c1-12-7-13(2)19(14(3)8-12)21-10-15-5-6-16(17(9-15)23-4)24-11-18(20)22/h5-10H,11H2,1-4H3,(H2,20,22). The molecule has 0 aliphatic rings. The number of ether oxygens (including phenoxy) is 2. The number of hydrogen-bond donors (Lipinski definition) is 1. The van der Waals surface area contributed by atoms with Crippen LogP contribution < -0.4 is 15.2 Å². The lowest BCUT2D eigenvalue weighted by molar-refractivity contribution is -0.119. The Balaban J connectivity index is 2.26. The summed E-state index contributed by atoms with van der Waals surface area (Å²) in [4.78, 5) is 15.4. The maximum atomic E-state index is 10.8. The summed E-state index contributed by atoms with van der Waals surface area (Å²) in [6.45, 7) is 5.98. The Morgan fingerprint density at radius 2 is 1.79 bits per heavy atom. The average Bonchev–Trinajstić information content (AvgIpc) is 2.52. The molecule has 24 heavy (non-hydrogen) atoms. The van der Waals surface area contributed by atoms with Crippen molar-refractivity contribution in [2.45, 2.75) is 20.8 Å². The van der Waals surface area contributed by atoms with E-state index in [9.17, 15) is 4.79 Å². The lowest BCUT2D eigenvalue weighted by Gasteiger charge is -2.10. The van der Waals surface area contributed by atoms with Crippen LogP contribution in [-0.2, 0) is 4.79 Å². The van der Waals surface area contributed by atoms with Gasteiger partial charge in [-0.2, -0.15) is 0 Å². The van der Waals surface area contributed by atoms with E-state index >= 15 is 0 Å². The number of methoxy groups -OCH3 is 1. The van der Waals surface area contributed by atoms with Gasteiger partial charge < -0.3 is 15.2 Å². The van der Waals surface area contributed by atoms with Crippen LogP contribution >= 0.6 is 0 Å². The maximum absolute atomic E-state index is 10.8. The van der Waals surface area contributed by atoms with Crippen LogP contribution in [0.3, 0.4) is 0 Å². The largest absolute Gasteiger partial charge is 0.493 e. The van der Waals surface area contributed by atoms with E-state index in [0.717, 1.165) is 22.4 Å². The van der Waals surface area contributed by atoms with Crippen LogP contribution in [0.1, 0.15) is 22.3 Å². The van der Waals surface area contributed by atoms with E-state index in [2.05, 4.69) is 24.0 Å². The molecule has 0 spiro atoms. The van der Waals surface area contributed by atoms with Crippen LogP contribution in [0.4, 0.5) is 5.69 Å². The predicted octanol–water partition coefficient (Wildman–Crippen LogP) is 3.24. The minimum absolute atomic E-state index is 0.189. The van der Waals surface area contributed by atoms with Gasteiger partial charge in [-0.15, -0.1) is 0 Å². The van der Waals surface area contributed by atoms with Gasteiger partial charge in [0.2, 0.25) is 0 Å². The molecule has 5 nitrogen and oxygen atoms in total. The number of primary amides is 1. The normalized spacial score (nSPS) is 10.8. The smallest absolute Gasteiger partial charge is 0.255 e. The molecule has 0 aliphatic carbocycles. The summed E-state index contributed by atoms with van der Waals surface area (Å²) in [5.41, 5.74) is 10.4. The van der Waals surface area contributed by atoms with Crippen molar-refractivity contribution in [2.24, 2.45) is 10.7 Å². The summed E-state index contributed by atoms with van der Waals surface area (Å²) in [6, 6.07) is 9.61. The van der Waals surface area contributed by atoms with Crippen LogP contribution in [0, 0.1) is 20.8 Å². The lowest BCUT2D eigenvalue weighted by Crippen LogP contribution is -2.20. The number of aryl methyl sites for hydroxylation is 3. The minimum Gasteiger partial charge on any atom is -0.493 e. The molecule has 0 saturated carbocycles. The third-order valence-electron chi connectivity index (χ3n) is 3.54. The van der Waals surface area contributed by atoms with Gasteiger partial charge in [0.15, 0.2) is 18.1 Å². The number of aliphatic imine (C=N–C) groups is 1. The molecule has 5 heteroatoms. The fourth-order valence-electron chi connectivity index (χ4n) is 2.55. The SMILES string of the molecule is COc1cc(C=Nc2c(C)cc(C)cc2C)ccc1OCC(N)=O. The first-order valence-corrected chi connectivity index (χ1v) is 7.61. The number of nitrogens with two attached hydrogens (primary N) is 1. The highest BCUT2D eigenvalue weighted by Gasteiger charge is 2.07. The van der Waals surface area contributed by atoms with Gasteiger partial charge in [-0.05, 0) is 55.7 Å². The third kappa shape index (κ3) is 4.35. The zero-order valence-corrected chi connectivity index (χ0v) is 14.4. The molecule has 126 valence electrons. The second-order valence-electron chi connectivity index (χ2n) is 5.67. The van der Waals surface area contributed by atoms with Crippen LogP contribution in [0.2, 0.25) is 0 Å². The Labute approximate surface area is 142 Å². The Bertz CT molecular complexity index is 759. The van der Waals surface area contributed by atoms with Crippen molar-refractivity contribution >= 4 is 17.8 Å². The van der Waals surface area contributed by atoms with Crippen LogP contribution in [0.25, 0.3) is 0 Å². The zero-order valence-electron chi connectivity index (χ0n) is 14.4. The van der Waals surface area contributed by atoms with Gasteiger partial charge >= 0.3 is 0 Å². The van der Waals surface area contributed by atoms with Crippen LogP contribution in [0.15, 0.2) is 35.3 Å². The predicted molar refractivity (Wildman–Crippen MR) is 95.6 cm³/mol. The number of nitrogens with zero attached hydrogens (tertiary/aromatic N) is 1. The van der Waals surface area contributed by atoms with Gasteiger partial charge in [0.05, 0.1) is 12.8 Å². The minimum atomic E-state index is -0.534. The first-order valence-electron chi connectivity index (χ1n) is 7.61. The summed E-state index contributed by atoms with van der Waals surface area (Å²) in [5, 5.41) is 0. The van der Waals surface area contributed by atoms with Crippen molar-refractivity contribution in [3.05, 3.63) is 52.6 Å². The summed E-state index contributed by atoms with van der Waals surface area (Å²) < 4.78 is 10.6. The Hall–Kier alpha value is -2.82. The van der Waals surface area contributed by atoms with Gasteiger partial charge in [0, 0.05) is 6.21 Å². The van der Waals surface area contributed by atoms with Gasteiger partial charge in [0.25, 0.3) is 5.91 Å². The number of rotatable bonds is 6. The number of carbonyl (C=O) groups excluding carboxylic acids is 1. The number of carbonyl (C=O) groups is 1. The summed E-state index contributed by atoms with van der Waals surface area (Å²) >= 11 is 0. The van der Waals surface area contributed by atoms with E-state index in [1.54, 1.807) is 25.5 Å². The van der Waals surface area contributed by atoms with Crippen LogP contribution in [0.5, 0.6) is 11.5 Å². The summed E-state index contributed by atoms with van der Waals surface area (Å²) in [5.74, 6) is 0.460. The first kappa shape index (κ1) is 17.5. The van der Waals surface area contributed by atoms with Crippen LogP contribution in [-0.4, -0.2) is 25.8 Å². The van der Waals surface area contributed by atoms with E-state index in [4.69, 9.17) is 15.2 Å². The molecule has 2 rings (SSSR count). The van der Waals surface area contributed by atoms with Gasteiger partial charge in [-0.1, -0.05) is 17.7 Å². The molecular formula is C19H22N2O3. The molecule has 0 atom stereocenters. The summed E-state index contributed by atoms with van der Waals surface area (Å²) in [6.07, 6.45) is 1.78. The fourth-order valence-corrected chi connectivity index (χ4v) is 2.55. The van der Waals surface area contributed by atoms with Gasteiger partial charge in [-0.3, -0.25) is 9.79 Å². The topological polar surface area (TPSA) is 73.9 Å². The van der Waals surface area contributed by atoms with Crippen molar-refractivity contribution in [3.8, 4) is 11.5 Å². The second-order valence-corrected chi connectivity index (χ2v) is 5.67. The Morgan fingerprint density at radius 1 is 1.12 bits per heavy atom. The zero-order chi connectivity index (χ0) is 17.7. The molecule has 2 aromatic rings. The molecule has 0 saturated heterocycles. The van der Waals surface area contributed by atoms with Crippen molar-refractivity contribution in [3.63, 3.8) is 0 Å². The molecule has 0 radical (unpaired) electrons. The highest BCUT2D eigenvalue weighted by atomic mass is 16.5. The monoisotopic (exact) mass is 326 g/mol. The van der Waals surface area contributed by atoms with Crippen molar-refractivity contribution in [1.82, 2.24) is 0 Å². The van der Waals surface area contributed by atoms with Gasteiger partial charge in [0.1, 0.15) is 0 Å². The van der Waals surface area contributed by atoms with E-state index in [-0.39, 0.29) is 6.61 Å². The molecule has 0 aliphatic heterocycles. The first-order chi connectivity index (χ1) is 11.4. The quantitative estimate of drug-likeness (QED) is 0.828. The lowest BCUT2D eigenvalue weighted by atomic mass is 10.1. The second kappa shape index (κ2) is 7.64. The molecule has 1 amide bonds. The van der Waals surface area contributed by atoms with Gasteiger partial charge in [-0.25, -0.2) is 0 Å². The van der Waals surface area contributed by atoms with Crippen molar-refractivity contribution in [2.75, 3.05) is 13.7 Å². The van der Waals surface area contributed by atoms with Crippen molar-refractivity contribution < 1.29 is 14.3 Å². The van der Waals surface area contributed by atoms with E-state index in [0.29, 0.717) is 11.5 Å². The third-order valence-corrected chi connectivity index (χ3v) is 3.54. The maximum Gasteiger partial charge on any atom is 0.255 e. The highest BCUT2D eigenvalue weighted by molar-refractivity contribution is 5.84. The molecular weight excluding hydrogens is 304 g/mol. The average molecular weight is 326 g/mol. The summed E-state index contributed by atoms with van der Waals surface area (Å²) in [7, 11) is 1.54. The number of amides is 1. The molecule has 0 bridgehead atoms. The number of hydrogen-bond acceptors (Lipinski definition) is 4. The molecule has 2 N–H and O–H groups in total.